The second-order valence-electron chi connectivity index (χ2n) is 7.81. The molecule has 1 unspecified atom stereocenters. The quantitative estimate of drug-likeness (QED) is 0.757. The Morgan fingerprint density at radius 2 is 1.79 bits per heavy atom. The molecule has 0 spiro atoms. The van der Waals surface area contributed by atoms with Crippen LogP contribution in [-0.4, -0.2) is 36.9 Å². The van der Waals surface area contributed by atoms with Crippen LogP contribution in [0.3, 0.4) is 0 Å². The summed E-state index contributed by atoms with van der Waals surface area (Å²) < 4.78 is 0. The van der Waals surface area contributed by atoms with Gasteiger partial charge < -0.3 is 15.5 Å². The lowest BCUT2D eigenvalue weighted by atomic mass is 9.84. The number of benzene rings is 1. The Labute approximate surface area is 172 Å². The van der Waals surface area contributed by atoms with Crippen molar-refractivity contribution in [3.63, 3.8) is 0 Å². The molecular formula is C23H30N4O2. The minimum atomic E-state index is -0.0830. The standard InChI is InChI=1S/C23H30N4O2/c1-17(19-7-11-24-12-8-19)15-22(28)26-16-18-3-5-21(6-4-18)27(2)23(29)20-9-13-25-14-10-20/h3-6,9-10,13-14,17,19,24H,7-8,11-12,15-16H2,1-2H3,(H,26,28). The van der Waals surface area contributed by atoms with Crippen molar-refractivity contribution in [1.82, 2.24) is 15.6 Å². The van der Waals surface area contributed by atoms with Crippen molar-refractivity contribution in [2.45, 2.75) is 32.7 Å². The van der Waals surface area contributed by atoms with E-state index in [9.17, 15) is 9.59 Å². The second kappa shape index (κ2) is 10.2. The van der Waals surface area contributed by atoms with Crippen molar-refractivity contribution in [3.8, 4) is 0 Å². The Kier molecular flexibility index (Phi) is 7.36. The fourth-order valence-corrected chi connectivity index (χ4v) is 3.79. The van der Waals surface area contributed by atoms with E-state index in [1.165, 1.54) is 0 Å². The van der Waals surface area contributed by atoms with Gasteiger partial charge in [-0.05, 0) is 67.6 Å². The van der Waals surface area contributed by atoms with Crippen molar-refractivity contribution in [2.24, 2.45) is 11.8 Å². The number of carbonyl (C=O) groups is 2. The molecule has 6 nitrogen and oxygen atoms in total. The monoisotopic (exact) mass is 394 g/mol. The molecule has 0 saturated carbocycles. The maximum Gasteiger partial charge on any atom is 0.258 e. The van der Waals surface area contributed by atoms with Crippen LogP contribution in [0.5, 0.6) is 0 Å². The number of amides is 2. The number of hydrogen-bond donors (Lipinski definition) is 2. The third kappa shape index (κ3) is 5.87. The molecule has 0 radical (unpaired) electrons. The highest BCUT2D eigenvalue weighted by molar-refractivity contribution is 6.05. The fourth-order valence-electron chi connectivity index (χ4n) is 3.79. The SMILES string of the molecule is CC(CC(=O)NCc1ccc(N(C)C(=O)c2ccncc2)cc1)C1CCNCC1. The summed E-state index contributed by atoms with van der Waals surface area (Å²) in [5, 5.41) is 6.39. The zero-order valence-corrected chi connectivity index (χ0v) is 17.2. The molecule has 2 aromatic rings. The maximum atomic E-state index is 12.5. The number of anilines is 1. The number of pyridine rings is 1. The summed E-state index contributed by atoms with van der Waals surface area (Å²) in [7, 11) is 1.75. The predicted octanol–water partition coefficient (Wildman–Crippen LogP) is 3.00. The van der Waals surface area contributed by atoms with Crippen LogP contribution in [0.4, 0.5) is 5.69 Å². The minimum absolute atomic E-state index is 0.0830. The molecule has 1 aromatic carbocycles. The Bertz CT molecular complexity index is 801. The third-order valence-electron chi connectivity index (χ3n) is 5.74. The van der Waals surface area contributed by atoms with E-state index in [4.69, 9.17) is 0 Å². The third-order valence-corrected chi connectivity index (χ3v) is 5.74. The van der Waals surface area contributed by atoms with E-state index in [-0.39, 0.29) is 11.8 Å². The van der Waals surface area contributed by atoms with Gasteiger partial charge in [0.2, 0.25) is 5.91 Å². The topological polar surface area (TPSA) is 74.3 Å². The zero-order chi connectivity index (χ0) is 20.6. The number of nitrogens with zero attached hydrogens (tertiary/aromatic N) is 2. The zero-order valence-electron chi connectivity index (χ0n) is 17.2. The van der Waals surface area contributed by atoms with Crippen LogP contribution < -0.4 is 15.5 Å². The van der Waals surface area contributed by atoms with Crippen molar-refractivity contribution in [3.05, 3.63) is 59.9 Å². The van der Waals surface area contributed by atoms with Gasteiger partial charge in [-0.1, -0.05) is 19.1 Å². The summed E-state index contributed by atoms with van der Waals surface area (Å²) in [6, 6.07) is 11.1. The summed E-state index contributed by atoms with van der Waals surface area (Å²) in [5.41, 5.74) is 2.42. The smallest absolute Gasteiger partial charge is 0.258 e. The van der Waals surface area contributed by atoms with Gasteiger partial charge in [-0.15, -0.1) is 0 Å². The number of rotatable bonds is 7. The van der Waals surface area contributed by atoms with E-state index in [0.29, 0.717) is 30.4 Å². The van der Waals surface area contributed by atoms with E-state index < -0.39 is 0 Å². The average Bonchev–Trinajstić information content (AvgIpc) is 2.78. The van der Waals surface area contributed by atoms with Crippen molar-refractivity contribution in [1.29, 1.82) is 0 Å². The fraction of sp³-hybridized carbons (Fsp3) is 0.435. The molecule has 29 heavy (non-hydrogen) atoms. The van der Waals surface area contributed by atoms with Crippen LogP contribution >= 0.6 is 0 Å². The molecule has 0 bridgehead atoms. The average molecular weight is 395 g/mol. The molecule has 1 aliphatic heterocycles. The first-order valence-electron chi connectivity index (χ1n) is 10.3. The van der Waals surface area contributed by atoms with Crippen molar-refractivity contribution >= 4 is 17.5 Å². The van der Waals surface area contributed by atoms with Crippen molar-refractivity contribution < 1.29 is 9.59 Å². The van der Waals surface area contributed by atoms with E-state index in [0.717, 1.165) is 37.2 Å². The van der Waals surface area contributed by atoms with Gasteiger partial charge in [-0.2, -0.15) is 0 Å². The molecule has 6 heteroatoms. The molecule has 1 fully saturated rings. The summed E-state index contributed by atoms with van der Waals surface area (Å²) in [5.74, 6) is 1.06. The Morgan fingerprint density at radius 3 is 2.45 bits per heavy atom. The van der Waals surface area contributed by atoms with Gasteiger partial charge in [0.25, 0.3) is 5.91 Å². The Morgan fingerprint density at radius 1 is 1.14 bits per heavy atom. The first-order valence-corrected chi connectivity index (χ1v) is 10.3. The van der Waals surface area contributed by atoms with Crippen LogP contribution in [0, 0.1) is 11.8 Å². The molecule has 1 saturated heterocycles. The highest BCUT2D eigenvalue weighted by Gasteiger charge is 2.21. The maximum absolute atomic E-state index is 12.5. The van der Waals surface area contributed by atoms with E-state index in [2.05, 4.69) is 22.5 Å². The normalized spacial score (nSPS) is 15.5. The van der Waals surface area contributed by atoms with Gasteiger partial charge in [-0.25, -0.2) is 0 Å². The second-order valence-corrected chi connectivity index (χ2v) is 7.81. The number of carbonyl (C=O) groups excluding carboxylic acids is 2. The largest absolute Gasteiger partial charge is 0.352 e. The van der Waals surface area contributed by atoms with Gasteiger partial charge in [0.1, 0.15) is 0 Å². The van der Waals surface area contributed by atoms with Gasteiger partial charge in [0.15, 0.2) is 0 Å². The van der Waals surface area contributed by atoms with Gasteiger partial charge in [0.05, 0.1) is 0 Å². The highest BCUT2D eigenvalue weighted by Crippen LogP contribution is 2.24. The van der Waals surface area contributed by atoms with Crippen molar-refractivity contribution in [2.75, 3.05) is 25.0 Å². The highest BCUT2D eigenvalue weighted by atomic mass is 16.2. The summed E-state index contributed by atoms with van der Waals surface area (Å²) in [4.78, 5) is 30.4. The molecule has 2 amide bonds. The lowest BCUT2D eigenvalue weighted by Gasteiger charge is -2.27. The first-order chi connectivity index (χ1) is 14.0. The first kappa shape index (κ1) is 21.0. The number of aromatic nitrogens is 1. The van der Waals surface area contributed by atoms with Crippen LogP contribution in [0.1, 0.15) is 42.1 Å². The molecule has 1 aliphatic rings. The molecule has 1 atom stereocenters. The Hall–Kier alpha value is -2.73. The number of hydrogen-bond acceptors (Lipinski definition) is 4. The minimum Gasteiger partial charge on any atom is -0.352 e. The number of nitrogens with one attached hydrogen (secondary N) is 2. The van der Waals surface area contributed by atoms with E-state index >= 15 is 0 Å². The lowest BCUT2D eigenvalue weighted by molar-refractivity contribution is -0.122. The molecule has 1 aromatic heterocycles. The molecular weight excluding hydrogens is 364 g/mol. The molecule has 2 N–H and O–H groups in total. The van der Waals surface area contributed by atoms with Crippen LogP contribution in [-0.2, 0) is 11.3 Å². The number of piperidine rings is 1. The predicted molar refractivity (Wildman–Crippen MR) is 115 cm³/mol. The van der Waals surface area contributed by atoms with Gasteiger partial charge in [0, 0.05) is 43.7 Å². The summed E-state index contributed by atoms with van der Waals surface area (Å²) >= 11 is 0. The van der Waals surface area contributed by atoms with Crippen LogP contribution in [0.25, 0.3) is 0 Å². The van der Waals surface area contributed by atoms with Crippen LogP contribution in [0.2, 0.25) is 0 Å². The summed E-state index contributed by atoms with van der Waals surface area (Å²) in [6.07, 6.45) is 6.10. The molecule has 154 valence electrons. The lowest BCUT2D eigenvalue weighted by Crippen LogP contribution is -2.33. The molecule has 2 heterocycles. The summed E-state index contributed by atoms with van der Waals surface area (Å²) in [6.45, 7) is 4.79. The van der Waals surface area contributed by atoms with Gasteiger partial charge in [-0.3, -0.25) is 14.6 Å². The Balaban J connectivity index is 1.48. The van der Waals surface area contributed by atoms with E-state index in [1.54, 1.807) is 36.5 Å². The molecule has 3 rings (SSSR count). The van der Waals surface area contributed by atoms with Gasteiger partial charge >= 0.3 is 0 Å². The van der Waals surface area contributed by atoms with E-state index in [1.807, 2.05) is 24.3 Å². The molecule has 0 aliphatic carbocycles. The van der Waals surface area contributed by atoms with Crippen LogP contribution in [0.15, 0.2) is 48.8 Å².